The molecule has 0 fully saturated rings. The zero-order valence-corrected chi connectivity index (χ0v) is 7.69. The quantitative estimate of drug-likeness (QED) is 0.540. The Morgan fingerprint density at radius 1 is 1.43 bits per heavy atom. The lowest BCUT2D eigenvalue weighted by Crippen LogP contribution is -2.10. The minimum atomic E-state index is -0.402. The van der Waals surface area contributed by atoms with Crippen molar-refractivity contribution in [2.45, 2.75) is 25.7 Å². The zero-order valence-electron chi connectivity index (χ0n) is 7.69. The van der Waals surface area contributed by atoms with E-state index in [1.807, 2.05) is 0 Å². The normalized spacial score (nSPS) is 14.9. The van der Waals surface area contributed by atoms with Crippen LogP contribution >= 0.6 is 0 Å². The highest BCUT2D eigenvalue weighted by atomic mass is 16.6. The molecule has 0 aliphatic heterocycles. The molecule has 0 saturated carbocycles. The maximum atomic E-state index is 10.8. The number of fused-ring (bicyclic) bond motifs is 1. The Hall–Kier alpha value is -1.65. The van der Waals surface area contributed by atoms with Crippen LogP contribution < -0.4 is 5.73 Å². The molecule has 14 heavy (non-hydrogen) atoms. The van der Waals surface area contributed by atoms with E-state index in [2.05, 4.69) is 4.98 Å². The second-order valence-electron chi connectivity index (χ2n) is 3.45. The summed E-state index contributed by atoms with van der Waals surface area (Å²) in [7, 11) is 0. The van der Waals surface area contributed by atoms with Gasteiger partial charge < -0.3 is 5.73 Å². The smallest absolute Gasteiger partial charge is 0.298 e. The fourth-order valence-corrected chi connectivity index (χ4v) is 1.89. The summed E-state index contributed by atoms with van der Waals surface area (Å²) in [5.74, 6) is 0. The van der Waals surface area contributed by atoms with Crippen LogP contribution in [0.1, 0.15) is 24.1 Å². The first kappa shape index (κ1) is 8.93. The van der Waals surface area contributed by atoms with Crippen molar-refractivity contribution in [2.24, 2.45) is 0 Å². The lowest BCUT2D eigenvalue weighted by atomic mass is 9.94. The second-order valence-corrected chi connectivity index (χ2v) is 3.45. The van der Waals surface area contributed by atoms with Crippen LogP contribution in [0.2, 0.25) is 0 Å². The van der Waals surface area contributed by atoms with Gasteiger partial charge in [0.1, 0.15) is 5.69 Å². The number of anilines is 1. The number of rotatable bonds is 1. The number of hydrogen-bond acceptors (Lipinski definition) is 4. The Bertz CT molecular complexity index is 390. The summed E-state index contributed by atoms with van der Waals surface area (Å²) in [5.41, 5.74) is 7.36. The SMILES string of the molecule is Nc1cnc2c(c1[N+](=O)[O-])CCCC2. The van der Waals surface area contributed by atoms with Crippen molar-refractivity contribution in [1.82, 2.24) is 4.98 Å². The number of pyridine rings is 1. The minimum Gasteiger partial charge on any atom is -0.392 e. The molecule has 0 bridgehead atoms. The number of nitrogen functional groups attached to an aromatic ring is 1. The topological polar surface area (TPSA) is 82.0 Å². The van der Waals surface area contributed by atoms with Gasteiger partial charge in [0.15, 0.2) is 0 Å². The highest BCUT2D eigenvalue weighted by Crippen LogP contribution is 2.32. The van der Waals surface area contributed by atoms with E-state index < -0.39 is 4.92 Å². The number of nitro groups is 1. The van der Waals surface area contributed by atoms with Crippen LogP contribution in [-0.2, 0) is 12.8 Å². The summed E-state index contributed by atoms with van der Waals surface area (Å²) >= 11 is 0. The third kappa shape index (κ3) is 1.30. The van der Waals surface area contributed by atoms with Crippen LogP contribution in [0.3, 0.4) is 0 Å². The van der Waals surface area contributed by atoms with E-state index in [1.165, 1.54) is 6.20 Å². The first-order chi connectivity index (χ1) is 6.70. The van der Waals surface area contributed by atoms with Gasteiger partial charge in [-0.3, -0.25) is 15.1 Å². The van der Waals surface area contributed by atoms with Crippen molar-refractivity contribution in [2.75, 3.05) is 5.73 Å². The molecule has 0 saturated heterocycles. The van der Waals surface area contributed by atoms with Gasteiger partial charge in [-0.25, -0.2) is 0 Å². The molecule has 1 aromatic heterocycles. The Labute approximate surface area is 81.1 Å². The molecule has 0 aromatic carbocycles. The molecule has 74 valence electrons. The molecular formula is C9H11N3O2. The summed E-state index contributed by atoms with van der Waals surface area (Å²) in [6, 6.07) is 0. The van der Waals surface area contributed by atoms with Crippen molar-refractivity contribution < 1.29 is 4.92 Å². The van der Waals surface area contributed by atoms with Crippen LogP contribution in [0.5, 0.6) is 0 Å². The van der Waals surface area contributed by atoms with E-state index in [4.69, 9.17) is 5.73 Å². The molecule has 1 heterocycles. The fourth-order valence-electron chi connectivity index (χ4n) is 1.89. The number of nitrogens with two attached hydrogens (primary N) is 1. The van der Waals surface area contributed by atoms with Crippen molar-refractivity contribution in [3.8, 4) is 0 Å². The van der Waals surface area contributed by atoms with Crippen molar-refractivity contribution in [3.05, 3.63) is 27.6 Å². The Morgan fingerprint density at radius 2 is 2.14 bits per heavy atom. The monoisotopic (exact) mass is 193 g/mol. The molecule has 1 aliphatic rings. The zero-order chi connectivity index (χ0) is 10.1. The largest absolute Gasteiger partial charge is 0.392 e. The maximum absolute atomic E-state index is 10.8. The molecule has 1 aliphatic carbocycles. The third-order valence-corrected chi connectivity index (χ3v) is 2.54. The predicted molar refractivity (Wildman–Crippen MR) is 51.9 cm³/mol. The number of aryl methyl sites for hydroxylation is 1. The summed E-state index contributed by atoms with van der Waals surface area (Å²) < 4.78 is 0. The van der Waals surface area contributed by atoms with Crippen LogP contribution in [0.25, 0.3) is 0 Å². The molecule has 0 unspecified atom stereocenters. The van der Waals surface area contributed by atoms with E-state index in [0.29, 0.717) is 0 Å². The van der Waals surface area contributed by atoms with Gasteiger partial charge in [-0.15, -0.1) is 0 Å². The predicted octanol–water partition coefficient (Wildman–Crippen LogP) is 1.45. The molecule has 5 nitrogen and oxygen atoms in total. The first-order valence-electron chi connectivity index (χ1n) is 4.61. The average Bonchev–Trinajstić information content (AvgIpc) is 2.17. The Balaban J connectivity index is 2.60. The molecule has 0 radical (unpaired) electrons. The third-order valence-electron chi connectivity index (χ3n) is 2.54. The van der Waals surface area contributed by atoms with Crippen LogP contribution in [0, 0.1) is 10.1 Å². The highest BCUT2D eigenvalue weighted by Gasteiger charge is 2.24. The van der Waals surface area contributed by atoms with Gasteiger partial charge in [0.25, 0.3) is 5.69 Å². The number of nitrogens with zero attached hydrogens (tertiary/aromatic N) is 2. The second kappa shape index (κ2) is 3.25. The standard InChI is InChI=1S/C9H11N3O2/c10-7-5-11-8-4-2-1-3-6(8)9(7)12(13)14/h5H,1-4,10H2. The molecular weight excluding hydrogens is 182 g/mol. The first-order valence-corrected chi connectivity index (χ1v) is 4.61. The van der Waals surface area contributed by atoms with Gasteiger partial charge in [0.05, 0.1) is 22.4 Å². The highest BCUT2D eigenvalue weighted by molar-refractivity contribution is 5.62. The summed E-state index contributed by atoms with van der Waals surface area (Å²) in [4.78, 5) is 14.5. The van der Waals surface area contributed by atoms with Gasteiger partial charge in [-0.2, -0.15) is 0 Å². The molecule has 2 rings (SSSR count). The number of hydrogen-bond donors (Lipinski definition) is 1. The molecule has 5 heteroatoms. The molecule has 0 atom stereocenters. The summed E-state index contributed by atoms with van der Waals surface area (Å²) in [5, 5.41) is 10.8. The van der Waals surface area contributed by atoms with Gasteiger partial charge in [-0.05, 0) is 25.7 Å². The van der Waals surface area contributed by atoms with Crippen molar-refractivity contribution in [1.29, 1.82) is 0 Å². The lowest BCUT2D eigenvalue weighted by Gasteiger charge is -2.14. The van der Waals surface area contributed by atoms with Crippen LogP contribution in [0.15, 0.2) is 6.20 Å². The Morgan fingerprint density at radius 3 is 2.86 bits per heavy atom. The maximum Gasteiger partial charge on any atom is 0.298 e. The van der Waals surface area contributed by atoms with Gasteiger partial charge in [0.2, 0.25) is 0 Å². The summed E-state index contributed by atoms with van der Waals surface area (Å²) in [6.45, 7) is 0. The van der Waals surface area contributed by atoms with Gasteiger partial charge in [-0.1, -0.05) is 0 Å². The average molecular weight is 193 g/mol. The molecule has 1 aromatic rings. The minimum absolute atomic E-state index is 0.0645. The van der Waals surface area contributed by atoms with Gasteiger partial charge >= 0.3 is 0 Å². The fraction of sp³-hybridized carbons (Fsp3) is 0.444. The van der Waals surface area contributed by atoms with E-state index in [-0.39, 0.29) is 11.4 Å². The van der Waals surface area contributed by atoms with E-state index in [0.717, 1.165) is 36.9 Å². The van der Waals surface area contributed by atoms with Crippen LogP contribution in [-0.4, -0.2) is 9.91 Å². The van der Waals surface area contributed by atoms with E-state index in [1.54, 1.807) is 0 Å². The van der Waals surface area contributed by atoms with E-state index in [9.17, 15) is 10.1 Å². The van der Waals surface area contributed by atoms with Crippen LogP contribution in [0.4, 0.5) is 11.4 Å². The lowest BCUT2D eigenvalue weighted by molar-refractivity contribution is -0.384. The molecule has 0 amide bonds. The van der Waals surface area contributed by atoms with Gasteiger partial charge in [0, 0.05) is 0 Å². The number of aromatic nitrogens is 1. The van der Waals surface area contributed by atoms with E-state index >= 15 is 0 Å². The molecule has 2 N–H and O–H groups in total. The van der Waals surface area contributed by atoms with Crippen molar-refractivity contribution >= 4 is 11.4 Å². The molecule has 0 spiro atoms. The Kier molecular flexibility index (Phi) is 2.07. The summed E-state index contributed by atoms with van der Waals surface area (Å²) in [6.07, 6.45) is 4.99. The van der Waals surface area contributed by atoms with Crippen molar-refractivity contribution in [3.63, 3.8) is 0 Å².